The fraction of sp³-hybridized carbons (Fsp3) is 0.600. The topological polar surface area (TPSA) is 53.2 Å². The molecule has 0 atom stereocenters. The van der Waals surface area contributed by atoms with Crippen molar-refractivity contribution < 1.29 is 31.4 Å². The van der Waals surface area contributed by atoms with Crippen molar-refractivity contribution in [3.63, 3.8) is 0 Å². The smallest absolute Gasteiger partial charge is 0.226 e. The van der Waals surface area contributed by atoms with Gasteiger partial charge >= 0.3 is 0 Å². The Kier molecular flexibility index (Phi) is 7.16. The number of aliphatic hydroxyl groups is 1. The van der Waals surface area contributed by atoms with Gasteiger partial charge in [-0.05, 0) is 38.2 Å². The molecule has 1 fully saturated rings. The standard InChI is InChI=1S/C15H22N2O2.BrH/c1-12-6-9-17(10-7-12)11-8-15(19)16-13-2-4-14(18)5-3-13;/h6-7,9-10,13-14,18H,2-5,8,11H2,1H3;1H. The number of carbonyl (C=O) groups excluding carboxylic acids is 1. The minimum atomic E-state index is -0.170. The molecule has 1 saturated carbocycles. The highest BCUT2D eigenvalue weighted by Gasteiger charge is 2.20. The van der Waals surface area contributed by atoms with Gasteiger partial charge in [-0.2, -0.15) is 0 Å². The van der Waals surface area contributed by atoms with Crippen molar-refractivity contribution >= 4 is 5.91 Å². The van der Waals surface area contributed by atoms with Crippen LogP contribution in [-0.2, 0) is 11.3 Å². The summed E-state index contributed by atoms with van der Waals surface area (Å²) in [6.45, 7) is 2.76. The van der Waals surface area contributed by atoms with E-state index in [4.69, 9.17) is 0 Å². The summed E-state index contributed by atoms with van der Waals surface area (Å²) in [5.74, 6) is 0.106. The number of rotatable bonds is 4. The van der Waals surface area contributed by atoms with Gasteiger partial charge in [-0.25, -0.2) is 4.57 Å². The lowest BCUT2D eigenvalue weighted by Gasteiger charge is -2.25. The molecule has 5 heteroatoms. The molecular formula is C15H23BrN2O2. The molecule has 0 saturated heterocycles. The molecule has 4 nitrogen and oxygen atoms in total. The highest BCUT2D eigenvalue weighted by atomic mass is 79.9. The van der Waals surface area contributed by atoms with Crippen molar-refractivity contribution in [3.05, 3.63) is 30.1 Å². The Hall–Kier alpha value is -0.940. The summed E-state index contributed by atoms with van der Waals surface area (Å²) in [6.07, 6.45) is 7.73. The number of nitrogens with zero attached hydrogens (tertiary/aromatic N) is 1. The molecule has 1 amide bonds. The zero-order valence-electron chi connectivity index (χ0n) is 11.9. The Bertz CT molecular complexity index is 414. The fourth-order valence-corrected chi connectivity index (χ4v) is 2.43. The van der Waals surface area contributed by atoms with Gasteiger partial charge < -0.3 is 27.4 Å². The summed E-state index contributed by atoms with van der Waals surface area (Å²) in [5.41, 5.74) is 1.22. The second-order valence-electron chi connectivity index (χ2n) is 5.44. The number of amides is 1. The average Bonchev–Trinajstić information content (AvgIpc) is 2.41. The summed E-state index contributed by atoms with van der Waals surface area (Å²) in [5, 5.41) is 12.5. The monoisotopic (exact) mass is 342 g/mol. The molecule has 1 heterocycles. The zero-order valence-corrected chi connectivity index (χ0v) is 13.5. The number of aliphatic hydroxyl groups excluding tert-OH is 1. The quantitative estimate of drug-likeness (QED) is 0.628. The molecule has 0 spiro atoms. The van der Waals surface area contributed by atoms with Gasteiger partial charge in [0.2, 0.25) is 5.91 Å². The van der Waals surface area contributed by atoms with Crippen LogP contribution < -0.4 is 26.9 Å². The maximum absolute atomic E-state index is 11.8. The number of carbonyl (C=O) groups is 1. The first kappa shape index (κ1) is 17.1. The number of aromatic nitrogens is 1. The van der Waals surface area contributed by atoms with Gasteiger partial charge in [-0.1, -0.05) is 0 Å². The van der Waals surface area contributed by atoms with Gasteiger partial charge in [0.25, 0.3) is 0 Å². The highest BCUT2D eigenvalue weighted by molar-refractivity contribution is 5.75. The number of hydrogen-bond acceptors (Lipinski definition) is 2. The van der Waals surface area contributed by atoms with E-state index in [1.54, 1.807) is 0 Å². The first-order valence-corrected chi connectivity index (χ1v) is 7.06. The fourth-order valence-electron chi connectivity index (χ4n) is 2.43. The average molecular weight is 343 g/mol. The molecule has 1 aliphatic rings. The van der Waals surface area contributed by atoms with Crippen molar-refractivity contribution in [3.8, 4) is 0 Å². The van der Waals surface area contributed by atoms with E-state index in [1.807, 2.05) is 29.1 Å². The van der Waals surface area contributed by atoms with Crippen LogP contribution in [0.3, 0.4) is 0 Å². The summed E-state index contributed by atoms with van der Waals surface area (Å²) in [4.78, 5) is 11.8. The lowest BCUT2D eigenvalue weighted by molar-refractivity contribution is -0.695. The van der Waals surface area contributed by atoms with Crippen LogP contribution in [0.4, 0.5) is 0 Å². The van der Waals surface area contributed by atoms with Gasteiger partial charge in [0.15, 0.2) is 18.9 Å². The Morgan fingerprint density at radius 3 is 2.50 bits per heavy atom. The molecule has 20 heavy (non-hydrogen) atoms. The van der Waals surface area contributed by atoms with Crippen LogP contribution >= 0.6 is 0 Å². The first-order valence-electron chi connectivity index (χ1n) is 7.06. The van der Waals surface area contributed by atoms with E-state index in [-0.39, 0.29) is 35.0 Å². The second kappa shape index (κ2) is 8.37. The van der Waals surface area contributed by atoms with Gasteiger partial charge in [-0.15, -0.1) is 0 Å². The summed E-state index contributed by atoms with van der Waals surface area (Å²) in [7, 11) is 0. The summed E-state index contributed by atoms with van der Waals surface area (Å²) >= 11 is 0. The third-order valence-corrected chi connectivity index (χ3v) is 3.72. The van der Waals surface area contributed by atoms with Gasteiger partial charge in [0, 0.05) is 18.2 Å². The van der Waals surface area contributed by atoms with Crippen LogP contribution in [0.2, 0.25) is 0 Å². The molecule has 0 aromatic carbocycles. The third kappa shape index (κ3) is 5.59. The van der Waals surface area contributed by atoms with Crippen LogP contribution in [0.15, 0.2) is 24.5 Å². The Balaban J connectivity index is 0.00000200. The van der Waals surface area contributed by atoms with Crippen LogP contribution in [0.25, 0.3) is 0 Å². The SMILES string of the molecule is Cc1cc[n+](CCC(=O)NC2CCC(O)CC2)cc1.[Br-]. The second-order valence-corrected chi connectivity index (χ2v) is 5.44. The molecule has 1 aromatic heterocycles. The molecule has 0 unspecified atom stereocenters. The largest absolute Gasteiger partial charge is 1.00 e. The van der Waals surface area contributed by atoms with E-state index >= 15 is 0 Å². The van der Waals surface area contributed by atoms with Crippen LogP contribution in [0.5, 0.6) is 0 Å². The predicted molar refractivity (Wildman–Crippen MR) is 72.4 cm³/mol. The Morgan fingerprint density at radius 1 is 1.30 bits per heavy atom. The van der Waals surface area contributed by atoms with E-state index in [0.717, 1.165) is 25.7 Å². The highest BCUT2D eigenvalue weighted by Crippen LogP contribution is 2.18. The molecule has 0 radical (unpaired) electrons. The maximum atomic E-state index is 11.8. The third-order valence-electron chi connectivity index (χ3n) is 3.72. The van der Waals surface area contributed by atoms with E-state index in [2.05, 4.69) is 12.2 Å². The normalized spacial score (nSPS) is 21.9. The van der Waals surface area contributed by atoms with E-state index < -0.39 is 0 Å². The number of aryl methyl sites for hydroxylation is 2. The lowest BCUT2D eigenvalue weighted by Crippen LogP contribution is -3.00. The summed E-state index contributed by atoms with van der Waals surface area (Å²) in [6, 6.07) is 4.33. The first-order chi connectivity index (χ1) is 9.13. The predicted octanol–water partition coefficient (Wildman–Crippen LogP) is -1.90. The van der Waals surface area contributed by atoms with Gasteiger partial charge in [-0.3, -0.25) is 4.79 Å². The van der Waals surface area contributed by atoms with E-state index in [9.17, 15) is 9.90 Å². The van der Waals surface area contributed by atoms with E-state index in [1.165, 1.54) is 5.56 Å². The van der Waals surface area contributed by atoms with Crippen LogP contribution in [0, 0.1) is 6.92 Å². The van der Waals surface area contributed by atoms with Crippen LogP contribution in [-0.4, -0.2) is 23.2 Å². The minimum Gasteiger partial charge on any atom is -1.00 e. The molecule has 112 valence electrons. The molecule has 1 aromatic rings. The molecular weight excluding hydrogens is 320 g/mol. The number of halogens is 1. The van der Waals surface area contributed by atoms with Crippen molar-refractivity contribution in [2.24, 2.45) is 0 Å². The number of pyridine rings is 1. The summed E-state index contributed by atoms with van der Waals surface area (Å²) < 4.78 is 2.03. The van der Waals surface area contributed by atoms with Gasteiger partial charge in [0.05, 0.1) is 12.5 Å². The van der Waals surface area contributed by atoms with Crippen LogP contribution in [0.1, 0.15) is 37.7 Å². The molecule has 2 N–H and O–H groups in total. The van der Waals surface area contributed by atoms with Gasteiger partial charge in [0.1, 0.15) is 0 Å². The van der Waals surface area contributed by atoms with E-state index in [0.29, 0.717) is 13.0 Å². The molecule has 0 bridgehead atoms. The van der Waals surface area contributed by atoms with Crippen molar-refractivity contribution in [2.75, 3.05) is 0 Å². The minimum absolute atomic E-state index is 0. The van der Waals surface area contributed by atoms with Crippen molar-refractivity contribution in [1.29, 1.82) is 0 Å². The Morgan fingerprint density at radius 2 is 1.90 bits per heavy atom. The van der Waals surface area contributed by atoms with Crippen molar-refractivity contribution in [1.82, 2.24) is 5.32 Å². The Labute approximate surface area is 131 Å². The maximum Gasteiger partial charge on any atom is 0.226 e. The number of nitrogens with one attached hydrogen (secondary N) is 1. The molecule has 2 rings (SSSR count). The molecule has 0 aliphatic heterocycles. The molecule has 1 aliphatic carbocycles. The van der Waals surface area contributed by atoms with Crippen molar-refractivity contribution in [2.45, 2.75) is 57.7 Å². The lowest BCUT2D eigenvalue weighted by atomic mass is 9.93. The zero-order chi connectivity index (χ0) is 13.7. The number of hydrogen-bond donors (Lipinski definition) is 2.